The number of benzene rings is 4. The smallest absolute Gasteiger partial charge is 0.405 e. The van der Waals surface area contributed by atoms with Gasteiger partial charge in [-0.05, 0) is 71.6 Å². The van der Waals surface area contributed by atoms with Crippen LogP contribution in [0.4, 0.5) is 4.79 Å². The number of carbonyl (C=O) groups is 2. The normalized spacial score (nSPS) is 12.3. The van der Waals surface area contributed by atoms with E-state index >= 15 is 0 Å². The first-order valence-corrected chi connectivity index (χ1v) is 15.5. The Kier molecular flexibility index (Phi) is 11.1. The SMILES string of the molecule is CN(CCCNC[C@H](O)c1ccc(O)c2[nH]c(=O)ccc12)C(=O)c1ccc(COc2cccc(C(NC(=O)O)c3ccccc3)c2)cc1. The summed E-state index contributed by atoms with van der Waals surface area (Å²) >= 11 is 0. The predicted octanol–water partition coefficient (Wildman–Crippen LogP) is 4.96. The molecule has 2 amide bonds. The van der Waals surface area contributed by atoms with Crippen LogP contribution >= 0.6 is 0 Å². The Labute approximate surface area is 277 Å². The molecule has 1 aromatic heterocycles. The lowest BCUT2D eigenvalue weighted by molar-refractivity contribution is 0.0792. The number of aromatic nitrogens is 1. The number of ether oxygens (including phenoxy) is 1. The second-order valence-electron chi connectivity index (χ2n) is 11.4. The first kappa shape index (κ1) is 33.7. The van der Waals surface area contributed by atoms with E-state index < -0.39 is 18.2 Å². The summed E-state index contributed by atoms with van der Waals surface area (Å²) in [4.78, 5) is 40.4. The molecule has 0 aliphatic heterocycles. The summed E-state index contributed by atoms with van der Waals surface area (Å²) in [6.07, 6.45) is -1.31. The molecule has 0 bridgehead atoms. The number of hydrogen-bond acceptors (Lipinski definition) is 7. The van der Waals surface area contributed by atoms with Gasteiger partial charge in [0.05, 0.1) is 17.7 Å². The summed E-state index contributed by atoms with van der Waals surface area (Å²) in [5.41, 5.74) is 3.53. The predicted molar refractivity (Wildman–Crippen MR) is 182 cm³/mol. The summed E-state index contributed by atoms with van der Waals surface area (Å²) in [6.45, 7) is 1.60. The second-order valence-corrected chi connectivity index (χ2v) is 11.4. The zero-order valence-electron chi connectivity index (χ0n) is 26.4. The minimum atomic E-state index is -1.12. The number of aliphatic hydroxyl groups is 1. The summed E-state index contributed by atoms with van der Waals surface area (Å²) in [5.74, 6) is 0.418. The van der Waals surface area contributed by atoms with Crippen LogP contribution in [0.5, 0.6) is 11.5 Å². The van der Waals surface area contributed by atoms with Crippen LogP contribution in [0.2, 0.25) is 0 Å². The Hall–Kier alpha value is -5.65. The number of pyridine rings is 1. The molecule has 0 saturated carbocycles. The fraction of sp³-hybridized carbons (Fsp3) is 0.216. The van der Waals surface area contributed by atoms with E-state index in [4.69, 9.17) is 4.74 Å². The van der Waals surface area contributed by atoms with Gasteiger partial charge in [0.1, 0.15) is 18.1 Å². The zero-order valence-corrected chi connectivity index (χ0v) is 26.4. The Balaban J connectivity index is 1.08. The molecule has 0 fully saturated rings. The van der Waals surface area contributed by atoms with Gasteiger partial charge in [0.25, 0.3) is 5.91 Å². The molecule has 5 aromatic rings. The highest BCUT2D eigenvalue weighted by Crippen LogP contribution is 2.29. The Bertz CT molecular complexity index is 1910. The molecule has 11 nitrogen and oxygen atoms in total. The van der Waals surface area contributed by atoms with E-state index in [9.17, 15) is 29.7 Å². The molecular formula is C37H38N4O7. The number of phenols is 1. The molecule has 1 unspecified atom stereocenters. The van der Waals surface area contributed by atoms with E-state index in [-0.39, 0.29) is 35.9 Å². The van der Waals surface area contributed by atoms with Crippen molar-refractivity contribution >= 4 is 22.9 Å². The third-order valence-electron chi connectivity index (χ3n) is 8.00. The number of carboxylic acid groups (broad SMARTS) is 1. The minimum absolute atomic E-state index is 0.0605. The Morgan fingerprint density at radius 1 is 0.917 bits per heavy atom. The van der Waals surface area contributed by atoms with Gasteiger partial charge >= 0.3 is 6.09 Å². The molecule has 48 heavy (non-hydrogen) atoms. The molecule has 0 spiro atoms. The highest BCUT2D eigenvalue weighted by molar-refractivity contribution is 5.94. The van der Waals surface area contributed by atoms with Crippen molar-refractivity contribution in [1.29, 1.82) is 0 Å². The summed E-state index contributed by atoms with van der Waals surface area (Å²) < 4.78 is 6.00. The molecule has 1 heterocycles. The summed E-state index contributed by atoms with van der Waals surface area (Å²) in [7, 11) is 1.74. The lowest BCUT2D eigenvalue weighted by atomic mass is 9.98. The number of amides is 2. The fourth-order valence-corrected chi connectivity index (χ4v) is 5.48. The van der Waals surface area contributed by atoms with Crippen LogP contribution < -0.4 is 20.9 Å². The van der Waals surface area contributed by atoms with Crippen molar-refractivity contribution in [3.05, 3.63) is 141 Å². The third kappa shape index (κ3) is 8.58. The van der Waals surface area contributed by atoms with Gasteiger partial charge in [-0.25, -0.2) is 4.79 Å². The van der Waals surface area contributed by atoms with E-state index in [0.717, 1.165) is 16.7 Å². The van der Waals surface area contributed by atoms with Crippen LogP contribution in [0, 0.1) is 0 Å². The van der Waals surface area contributed by atoms with Crippen LogP contribution in [0.3, 0.4) is 0 Å². The molecule has 0 saturated heterocycles. The number of rotatable bonds is 14. The molecule has 2 atom stereocenters. The minimum Gasteiger partial charge on any atom is -0.506 e. The van der Waals surface area contributed by atoms with Crippen LogP contribution in [0.15, 0.2) is 108 Å². The maximum absolute atomic E-state index is 13.0. The zero-order chi connectivity index (χ0) is 34.0. The molecule has 6 N–H and O–H groups in total. The Morgan fingerprint density at radius 2 is 1.67 bits per heavy atom. The average molecular weight is 651 g/mol. The molecule has 0 radical (unpaired) electrons. The standard InChI is InChI=1S/C37H38N4O7/c1-41(20-6-19-38-22-32(43)29-15-17-31(42)35-30(29)16-18-33(44)39-35)36(45)26-13-11-24(12-14-26)23-48-28-10-5-9-27(21-28)34(40-37(46)47)25-7-3-2-4-8-25/h2-5,7-18,21,32,34,38,40,42-43H,6,19-20,22-23H2,1H3,(H,39,44)(H,46,47)/t32-,34?/m0/s1. The van der Waals surface area contributed by atoms with Crippen LogP contribution in [0.25, 0.3) is 10.9 Å². The number of carbonyl (C=O) groups excluding carboxylic acids is 1. The van der Waals surface area contributed by atoms with Gasteiger partial charge in [-0.2, -0.15) is 0 Å². The number of aromatic hydroxyl groups is 1. The lowest BCUT2D eigenvalue weighted by Crippen LogP contribution is -2.31. The van der Waals surface area contributed by atoms with Gasteiger partial charge in [0, 0.05) is 37.2 Å². The maximum atomic E-state index is 13.0. The molecule has 4 aromatic carbocycles. The maximum Gasteiger partial charge on any atom is 0.405 e. The van der Waals surface area contributed by atoms with E-state index in [1.54, 1.807) is 36.2 Å². The monoisotopic (exact) mass is 650 g/mol. The number of H-pyrrole nitrogens is 1. The largest absolute Gasteiger partial charge is 0.506 e. The second kappa shape index (κ2) is 15.8. The van der Waals surface area contributed by atoms with Crippen molar-refractivity contribution in [2.75, 3.05) is 26.7 Å². The van der Waals surface area contributed by atoms with Gasteiger partial charge in [-0.1, -0.05) is 60.7 Å². The van der Waals surface area contributed by atoms with E-state index in [1.807, 2.05) is 66.7 Å². The first-order valence-electron chi connectivity index (χ1n) is 15.5. The summed E-state index contributed by atoms with van der Waals surface area (Å²) in [6, 6.07) is 29.3. The van der Waals surface area contributed by atoms with Gasteiger partial charge in [0.15, 0.2) is 0 Å². The highest BCUT2D eigenvalue weighted by Gasteiger charge is 2.18. The van der Waals surface area contributed by atoms with Crippen LogP contribution in [-0.2, 0) is 6.61 Å². The number of fused-ring (bicyclic) bond motifs is 1. The lowest BCUT2D eigenvalue weighted by Gasteiger charge is -2.19. The van der Waals surface area contributed by atoms with Crippen molar-refractivity contribution in [2.24, 2.45) is 0 Å². The van der Waals surface area contributed by atoms with Crippen molar-refractivity contribution < 1.29 is 29.6 Å². The molecule has 5 rings (SSSR count). The quantitative estimate of drug-likeness (QED) is 0.0919. The highest BCUT2D eigenvalue weighted by atomic mass is 16.5. The molecule has 0 aliphatic carbocycles. The topological polar surface area (TPSA) is 164 Å². The van der Waals surface area contributed by atoms with E-state index in [0.29, 0.717) is 41.8 Å². The molecule has 11 heteroatoms. The van der Waals surface area contributed by atoms with Crippen molar-refractivity contribution in [3.63, 3.8) is 0 Å². The number of hydrogen-bond donors (Lipinski definition) is 6. The van der Waals surface area contributed by atoms with Crippen molar-refractivity contribution in [2.45, 2.75) is 25.2 Å². The third-order valence-corrected chi connectivity index (χ3v) is 8.00. The Morgan fingerprint density at radius 3 is 2.42 bits per heavy atom. The molecule has 0 aliphatic rings. The fourth-order valence-electron chi connectivity index (χ4n) is 5.48. The molecule has 248 valence electrons. The number of aromatic amines is 1. The number of nitrogens with zero attached hydrogens (tertiary/aromatic N) is 1. The summed E-state index contributed by atoms with van der Waals surface area (Å²) in [5, 5.41) is 36.5. The van der Waals surface area contributed by atoms with Crippen molar-refractivity contribution in [1.82, 2.24) is 20.5 Å². The van der Waals surface area contributed by atoms with Crippen LogP contribution in [0.1, 0.15) is 51.2 Å². The first-order chi connectivity index (χ1) is 23.2. The average Bonchev–Trinajstić information content (AvgIpc) is 3.10. The van der Waals surface area contributed by atoms with E-state index in [2.05, 4.69) is 15.6 Å². The number of aliphatic hydroxyl groups excluding tert-OH is 1. The van der Waals surface area contributed by atoms with Gasteiger partial charge in [-0.15, -0.1) is 0 Å². The van der Waals surface area contributed by atoms with E-state index in [1.165, 1.54) is 12.1 Å². The van der Waals surface area contributed by atoms with Gasteiger partial charge < -0.3 is 40.6 Å². The number of phenolic OH excluding ortho intramolecular Hbond substituents is 1. The van der Waals surface area contributed by atoms with Crippen LogP contribution in [-0.4, -0.2) is 63.9 Å². The molecular weight excluding hydrogens is 612 g/mol. The van der Waals surface area contributed by atoms with Crippen molar-refractivity contribution in [3.8, 4) is 11.5 Å². The number of nitrogens with one attached hydrogen (secondary N) is 3. The van der Waals surface area contributed by atoms with Gasteiger partial charge in [-0.3, -0.25) is 9.59 Å². The van der Waals surface area contributed by atoms with Gasteiger partial charge in [0.2, 0.25) is 5.56 Å².